The molecule has 0 fully saturated rings. The predicted octanol–water partition coefficient (Wildman–Crippen LogP) is 2.00. The van der Waals surface area contributed by atoms with Crippen molar-refractivity contribution in [3.8, 4) is 11.3 Å². The van der Waals surface area contributed by atoms with Crippen LogP contribution in [0.2, 0.25) is 0 Å². The van der Waals surface area contributed by atoms with Gasteiger partial charge in [0.15, 0.2) is 0 Å². The fraction of sp³-hybridized carbons (Fsp3) is 0.143. The van der Waals surface area contributed by atoms with E-state index in [0.717, 1.165) is 5.56 Å². The molecule has 0 saturated heterocycles. The maximum atomic E-state index is 12.4. The number of nitrogens with two attached hydrogens (primary N) is 1. The van der Waals surface area contributed by atoms with Crippen LogP contribution in [0.3, 0.4) is 0 Å². The van der Waals surface area contributed by atoms with Gasteiger partial charge in [0.05, 0.1) is 23.5 Å². The molecule has 1 aromatic carbocycles. The Labute approximate surface area is 130 Å². The molecule has 4 N–H and O–H groups in total. The van der Waals surface area contributed by atoms with E-state index in [0.29, 0.717) is 21.4 Å². The van der Waals surface area contributed by atoms with Crippen molar-refractivity contribution in [2.45, 2.75) is 13.0 Å². The number of hydrogen-bond donors (Lipinski definition) is 3. The van der Waals surface area contributed by atoms with Crippen LogP contribution in [0, 0.1) is 0 Å². The molecule has 3 rings (SSSR count). The smallest absolute Gasteiger partial charge is 0.255 e. The third kappa shape index (κ3) is 2.82. The van der Waals surface area contributed by atoms with Crippen LogP contribution in [0.25, 0.3) is 11.3 Å². The van der Waals surface area contributed by atoms with Gasteiger partial charge in [-0.3, -0.25) is 9.89 Å². The van der Waals surface area contributed by atoms with Gasteiger partial charge >= 0.3 is 0 Å². The highest BCUT2D eigenvalue weighted by Crippen LogP contribution is 2.23. The summed E-state index contributed by atoms with van der Waals surface area (Å²) in [4.78, 5) is 12.4. The van der Waals surface area contributed by atoms with Crippen molar-refractivity contribution in [1.29, 1.82) is 0 Å². The van der Waals surface area contributed by atoms with E-state index in [2.05, 4.69) is 25.7 Å². The molecule has 0 aliphatic rings. The summed E-state index contributed by atoms with van der Waals surface area (Å²) in [5.41, 5.74) is 7.62. The van der Waals surface area contributed by atoms with Crippen LogP contribution in [0.5, 0.6) is 0 Å². The maximum Gasteiger partial charge on any atom is 0.255 e. The van der Waals surface area contributed by atoms with Gasteiger partial charge in [0.2, 0.25) is 5.13 Å². The topological polar surface area (TPSA) is 110 Å². The standard InChI is InChI=1S/C14H14N6OS/c1-8(13-19-20-14(15)22-13)17-12(21)10-7-16-18-11(10)9-5-3-2-4-6-9/h2-8H,1H3,(H2,15,20)(H,16,18)(H,17,21)/t8-/m0/s1. The Hall–Kier alpha value is -2.74. The van der Waals surface area contributed by atoms with Crippen molar-refractivity contribution in [2.24, 2.45) is 0 Å². The molecular formula is C14H14N6OS. The third-order valence-electron chi connectivity index (χ3n) is 3.12. The van der Waals surface area contributed by atoms with Crippen molar-refractivity contribution < 1.29 is 4.79 Å². The second-order valence-electron chi connectivity index (χ2n) is 4.70. The summed E-state index contributed by atoms with van der Waals surface area (Å²) in [5, 5.41) is 18.4. The molecule has 0 spiro atoms. The number of anilines is 1. The highest BCUT2D eigenvalue weighted by Gasteiger charge is 2.19. The number of nitrogens with zero attached hydrogens (tertiary/aromatic N) is 3. The molecule has 8 heteroatoms. The highest BCUT2D eigenvalue weighted by molar-refractivity contribution is 7.15. The molecular weight excluding hydrogens is 300 g/mol. The number of carbonyl (C=O) groups is 1. The molecule has 2 heterocycles. The van der Waals surface area contributed by atoms with Gasteiger partial charge in [-0.1, -0.05) is 41.7 Å². The molecule has 0 saturated carbocycles. The number of carbonyl (C=O) groups excluding carboxylic acids is 1. The molecule has 0 radical (unpaired) electrons. The minimum absolute atomic E-state index is 0.228. The van der Waals surface area contributed by atoms with Crippen molar-refractivity contribution in [3.63, 3.8) is 0 Å². The van der Waals surface area contributed by atoms with E-state index in [1.807, 2.05) is 37.3 Å². The van der Waals surface area contributed by atoms with Gasteiger partial charge in [0.25, 0.3) is 5.91 Å². The first-order chi connectivity index (χ1) is 10.6. The normalized spacial score (nSPS) is 12.0. The zero-order valence-corrected chi connectivity index (χ0v) is 12.6. The number of aromatic amines is 1. The number of H-pyrrole nitrogens is 1. The molecule has 7 nitrogen and oxygen atoms in total. The van der Waals surface area contributed by atoms with Crippen molar-refractivity contribution in [2.75, 3.05) is 5.73 Å². The minimum atomic E-state index is -0.277. The summed E-state index contributed by atoms with van der Waals surface area (Å²) in [7, 11) is 0. The van der Waals surface area contributed by atoms with Crippen LogP contribution in [0.4, 0.5) is 5.13 Å². The summed E-state index contributed by atoms with van der Waals surface area (Å²) in [5.74, 6) is -0.228. The Morgan fingerprint density at radius 1 is 1.32 bits per heavy atom. The van der Waals surface area contributed by atoms with E-state index in [9.17, 15) is 4.79 Å². The molecule has 3 aromatic rings. The van der Waals surface area contributed by atoms with E-state index >= 15 is 0 Å². The number of rotatable bonds is 4. The Morgan fingerprint density at radius 3 is 2.77 bits per heavy atom. The molecule has 0 bridgehead atoms. The van der Waals surface area contributed by atoms with Gasteiger partial charge < -0.3 is 11.1 Å². The lowest BCUT2D eigenvalue weighted by atomic mass is 10.1. The van der Waals surface area contributed by atoms with Crippen molar-refractivity contribution in [1.82, 2.24) is 25.7 Å². The van der Waals surface area contributed by atoms with E-state index in [1.54, 1.807) is 0 Å². The molecule has 0 aliphatic heterocycles. The van der Waals surface area contributed by atoms with Gasteiger partial charge in [-0.15, -0.1) is 10.2 Å². The lowest BCUT2D eigenvalue weighted by Gasteiger charge is -2.10. The van der Waals surface area contributed by atoms with E-state index in [1.165, 1.54) is 17.5 Å². The summed E-state index contributed by atoms with van der Waals surface area (Å²) in [6, 6.07) is 9.29. The van der Waals surface area contributed by atoms with Crippen LogP contribution in [0.15, 0.2) is 36.5 Å². The van der Waals surface area contributed by atoms with E-state index < -0.39 is 0 Å². The monoisotopic (exact) mass is 314 g/mol. The van der Waals surface area contributed by atoms with Crippen LogP contribution in [-0.4, -0.2) is 26.3 Å². The fourth-order valence-electron chi connectivity index (χ4n) is 2.04. The second-order valence-corrected chi connectivity index (χ2v) is 5.74. The molecule has 112 valence electrons. The zero-order chi connectivity index (χ0) is 15.5. The zero-order valence-electron chi connectivity index (χ0n) is 11.8. The minimum Gasteiger partial charge on any atom is -0.374 e. The van der Waals surface area contributed by atoms with E-state index in [-0.39, 0.29) is 11.9 Å². The van der Waals surface area contributed by atoms with Crippen LogP contribution in [-0.2, 0) is 0 Å². The van der Waals surface area contributed by atoms with Gasteiger partial charge in [-0.25, -0.2) is 0 Å². The van der Waals surface area contributed by atoms with Gasteiger partial charge in [-0.05, 0) is 6.92 Å². The lowest BCUT2D eigenvalue weighted by Crippen LogP contribution is -2.26. The maximum absolute atomic E-state index is 12.4. The van der Waals surface area contributed by atoms with Gasteiger partial charge in [0.1, 0.15) is 5.01 Å². The van der Waals surface area contributed by atoms with Crippen molar-refractivity contribution >= 4 is 22.4 Å². The third-order valence-corrected chi connectivity index (χ3v) is 4.06. The number of amides is 1. The molecule has 22 heavy (non-hydrogen) atoms. The lowest BCUT2D eigenvalue weighted by molar-refractivity contribution is 0.0940. The summed E-state index contributed by atoms with van der Waals surface area (Å²) in [6.45, 7) is 1.83. The average molecular weight is 314 g/mol. The molecule has 1 amide bonds. The fourth-order valence-corrected chi connectivity index (χ4v) is 2.65. The summed E-state index contributed by atoms with van der Waals surface area (Å²) >= 11 is 1.25. The predicted molar refractivity (Wildman–Crippen MR) is 84.2 cm³/mol. The number of hydrogen-bond acceptors (Lipinski definition) is 6. The Morgan fingerprint density at radius 2 is 2.09 bits per heavy atom. The number of benzene rings is 1. The summed E-state index contributed by atoms with van der Waals surface area (Å²) in [6.07, 6.45) is 1.51. The number of aromatic nitrogens is 4. The van der Waals surface area contributed by atoms with Gasteiger partial charge in [-0.2, -0.15) is 5.10 Å². The molecule has 2 aromatic heterocycles. The first-order valence-corrected chi connectivity index (χ1v) is 7.45. The highest BCUT2D eigenvalue weighted by atomic mass is 32.1. The quantitative estimate of drug-likeness (QED) is 0.682. The first kappa shape index (κ1) is 14.2. The summed E-state index contributed by atoms with van der Waals surface area (Å²) < 4.78 is 0. The SMILES string of the molecule is C[C@H](NC(=O)c1cn[nH]c1-c1ccccc1)c1nnc(N)s1. The van der Waals surface area contributed by atoms with Crippen LogP contribution in [0.1, 0.15) is 28.3 Å². The molecule has 0 unspecified atom stereocenters. The van der Waals surface area contributed by atoms with Gasteiger partial charge in [0, 0.05) is 5.56 Å². The Kier molecular flexibility index (Phi) is 3.84. The molecule has 1 atom stereocenters. The Balaban J connectivity index is 1.80. The number of nitrogen functional groups attached to an aromatic ring is 1. The first-order valence-electron chi connectivity index (χ1n) is 6.63. The number of nitrogens with one attached hydrogen (secondary N) is 2. The molecule has 0 aliphatic carbocycles. The van der Waals surface area contributed by atoms with Crippen LogP contribution >= 0.6 is 11.3 Å². The van der Waals surface area contributed by atoms with Crippen LogP contribution < -0.4 is 11.1 Å². The second kappa shape index (κ2) is 5.94. The van der Waals surface area contributed by atoms with E-state index in [4.69, 9.17) is 5.73 Å². The van der Waals surface area contributed by atoms with Crippen molar-refractivity contribution in [3.05, 3.63) is 47.1 Å². The Bertz CT molecular complexity index is 781. The largest absolute Gasteiger partial charge is 0.374 e. The average Bonchev–Trinajstić information content (AvgIpc) is 3.16.